The standard InChI is InChI=1S/C27H37N3O2/c1-20(2)17-18-30-25(31)24-16-15-23(21-11-7-6-8-12-21)29(24)19-27(30,3)26(32)28-22-13-9-4-5-10-14-22/h6-8,11-12,15-16,20,22H,4-5,9-10,13-14,17-19H2,1-3H3,(H,28,32)/t27-/m1/s1. The van der Waals surface area contributed by atoms with Crippen molar-refractivity contribution < 1.29 is 9.59 Å². The molecule has 5 heteroatoms. The van der Waals surface area contributed by atoms with Crippen LogP contribution < -0.4 is 5.32 Å². The highest BCUT2D eigenvalue weighted by Crippen LogP contribution is 2.34. The van der Waals surface area contributed by atoms with Crippen molar-refractivity contribution in [2.45, 2.75) is 83.8 Å². The Morgan fingerprint density at radius 1 is 1.03 bits per heavy atom. The summed E-state index contributed by atoms with van der Waals surface area (Å²) >= 11 is 0. The molecule has 1 N–H and O–H groups in total. The van der Waals surface area contributed by atoms with Crippen LogP contribution in [0.2, 0.25) is 0 Å². The predicted molar refractivity (Wildman–Crippen MR) is 128 cm³/mol. The molecule has 2 heterocycles. The normalized spacial score (nSPS) is 22.0. The zero-order valence-corrected chi connectivity index (χ0v) is 19.8. The van der Waals surface area contributed by atoms with Gasteiger partial charge in [0, 0.05) is 18.3 Å². The van der Waals surface area contributed by atoms with Gasteiger partial charge >= 0.3 is 0 Å². The zero-order valence-electron chi connectivity index (χ0n) is 19.8. The minimum absolute atomic E-state index is 0.0140. The van der Waals surface area contributed by atoms with Crippen LogP contribution in [0.3, 0.4) is 0 Å². The maximum atomic E-state index is 13.8. The smallest absolute Gasteiger partial charge is 0.271 e. The van der Waals surface area contributed by atoms with E-state index in [0.29, 0.717) is 24.7 Å². The average molecular weight is 436 g/mol. The van der Waals surface area contributed by atoms with Gasteiger partial charge in [0.2, 0.25) is 5.91 Å². The van der Waals surface area contributed by atoms with Crippen molar-refractivity contribution in [3.05, 3.63) is 48.2 Å². The van der Waals surface area contributed by atoms with E-state index in [4.69, 9.17) is 0 Å². The molecule has 2 aromatic rings. The maximum Gasteiger partial charge on any atom is 0.271 e. The number of benzene rings is 1. The fourth-order valence-electron chi connectivity index (χ4n) is 5.14. The first kappa shape index (κ1) is 22.6. The molecule has 0 unspecified atom stereocenters. The summed E-state index contributed by atoms with van der Waals surface area (Å²) in [6.45, 7) is 7.34. The van der Waals surface area contributed by atoms with Crippen LogP contribution >= 0.6 is 0 Å². The molecule has 4 rings (SSSR count). The minimum atomic E-state index is -0.909. The van der Waals surface area contributed by atoms with Crippen LogP contribution in [0.15, 0.2) is 42.5 Å². The Morgan fingerprint density at radius 2 is 1.69 bits per heavy atom. The van der Waals surface area contributed by atoms with Gasteiger partial charge in [-0.2, -0.15) is 0 Å². The van der Waals surface area contributed by atoms with E-state index in [1.54, 1.807) is 0 Å². The van der Waals surface area contributed by atoms with E-state index >= 15 is 0 Å². The van der Waals surface area contributed by atoms with Gasteiger partial charge in [-0.25, -0.2) is 0 Å². The van der Waals surface area contributed by atoms with E-state index < -0.39 is 5.54 Å². The van der Waals surface area contributed by atoms with Crippen LogP contribution in [0.5, 0.6) is 0 Å². The van der Waals surface area contributed by atoms with E-state index in [0.717, 1.165) is 43.4 Å². The van der Waals surface area contributed by atoms with E-state index in [2.05, 4.69) is 35.9 Å². The minimum Gasteiger partial charge on any atom is -0.351 e. The lowest BCUT2D eigenvalue weighted by molar-refractivity contribution is -0.133. The number of amides is 2. The van der Waals surface area contributed by atoms with Gasteiger partial charge in [-0.1, -0.05) is 69.9 Å². The van der Waals surface area contributed by atoms with Crippen molar-refractivity contribution in [3.63, 3.8) is 0 Å². The second kappa shape index (κ2) is 9.51. The van der Waals surface area contributed by atoms with Gasteiger partial charge in [0.1, 0.15) is 11.2 Å². The molecule has 1 saturated carbocycles. The molecule has 0 saturated heterocycles. The quantitative estimate of drug-likeness (QED) is 0.630. The van der Waals surface area contributed by atoms with Crippen LogP contribution in [-0.4, -0.2) is 39.4 Å². The van der Waals surface area contributed by atoms with Crippen LogP contribution in [0.4, 0.5) is 0 Å². The second-order valence-electron chi connectivity index (χ2n) is 10.1. The molecule has 1 aromatic heterocycles. The van der Waals surface area contributed by atoms with Gasteiger partial charge in [-0.05, 0) is 49.8 Å². The average Bonchev–Trinajstić information content (AvgIpc) is 3.02. The van der Waals surface area contributed by atoms with Crippen LogP contribution in [0, 0.1) is 5.92 Å². The summed E-state index contributed by atoms with van der Waals surface area (Å²) in [5.74, 6) is 0.406. The number of fused-ring (bicyclic) bond motifs is 1. The first-order valence-corrected chi connectivity index (χ1v) is 12.3. The lowest BCUT2D eigenvalue weighted by Crippen LogP contribution is -2.65. The number of carbonyl (C=O) groups excluding carboxylic acids is 2. The highest BCUT2D eigenvalue weighted by atomic mass is 16.2. The molecule has 172 valence electrons. The fourth-order valence-corrected chi connectivity index (χ4v) is 5.14. The number of aromatic nitrogens is 1. The molecule has 1 atom stereocenters. The number of hydrogen-bond acceptors (Lipinski definition) is 2. The summed E-state index contributed by atoms with van der Waals surface area (Å²) in [6, 6.07) is 14.3. The van der Waals surface area contributed by atoms with E-state index in [1.807, 2.05) is 42.2 Å². The monoisotopic (exact) mass is 435 g/mol. The molecular formula is C27H37N3O2. The summed E-state index contributed by atoms with van der Waals surface area (Å²) in [7, 11) is 0. The molecule has 5 nitrogen and oxygen atoms in total. The third-order valence-electron chi connectivity index (χ3n) is 7.19. The molecular weight excluding hydrogens is 398 g/mol. The van der Waals surface area contributed by atoms with Crippen molar-refractivity contribution in [2.75, 3.05) is 6.54 Å². The zero-order chi connectivity index (χ0) is 22.7. The maximum absolute atomic E-state index is 13.8. The molecule has 0 spiro atoms. The first-order chi connectivity index (χ1) is 15.4. The van der Waals surface area contributed by atoms with Crippen molar-refractivity contribution in [1.29, 1.82) is 0 Å². The summed E-state index contributed by atoms with van der Waals surface area (Å²) < 4.78 is 2.05. The van der Waals surface area contributed by atoms with Crippen LogP contribution in [0.1, 0.15) is 76.2 Å². The first-order valence-electron chi connectivity index (χ1n) is 12.3. The highest BCUT2D eigenvalue weighted by Gasteiger charge is 2.48. The van der Waals surface area contributed by atoms with Gasteiger partial charge in [-0.15, -0.1) is 0 Å². The Bertz CT molecular complexity index is 941. The lowest BCUT2D eigenvalue weighted by atomic mass is 9.92. The Morgan fingerprint density at radius 3 is 2.34 bits per heavy atom. The highest BCUT2D eigenvalue weighted by molar-refractivity contribution is 6.00. The van der Waals surface area contributed by atoms with Crippen molar-refractivity contribution in [1.82, 2.24) is 14.8 Å². The Labute approximate surface area is 192 Å². The van der Waals surface area contributed by atoms with Gasteiger partial charge in [0.15, 0.2) is 0 Å². The molecule has 2 amide bonds. The number of carbonyl (C=O) groups is 2. The number of nitrogens with one attached hydrogen (secondary N) is 1. The van der Waals surface area contributed by atoms with E-state index in [9.17, 15) is 9.59 Å². The molecule has 0 radical (unpaired) electrons. The third kappa shape index (κ3) is 4.48. The summed E-state index contributed by atoms with van der Waals surface area (Å²) in [5, 5.41) is 3.34. The molecule has 1 aliphatic heterocycles. The Kier molecular flexibility index (Phi) is 6.73. The molecule has 1 aliphatic carbocycles. The van der Waals surface area contributed by atoms with Crippen LogP contribution in [0.25, 0.3) is 11.3 Å². The number of nitrogens with zero attached hydrogens (tertiary/aromatic N) is 2. The summed E-state index contributed by atoms with van der Waals surface area (Å²) in [5.41, 5.74) is 1.82. The molecule has 1 fully saturated rings. The fraction of sp³-hybridized carbons (Fsp3) is 0.556. The molecule has 1 aromatic carbocycles. The predicted octanol–water partition coefficient (Wildman–Crippen LogP) is 5.25. The topological polar surface area (TPSA) is 54.3 Å². The summed E-state index contributed by atoms with van der Waals surface area (Å²) in [6.07, 6.45) is 7.77. The molecule has 32 heavy (non-hydrogen) atoms. The van der Waals surface area contributed by atoms with Gasteiger partial charge < -0.3 is 14.8 Å². The van der Waals surface area contributed by atoms with Gasteiger partial charge in [0.05, 0.1) is 6.54 Å². The lowest BCUT2D eigenvalue weighted by Gasteiger charge is -2.45. The van der Waals surface area contributed by atoms with E-state index in [-0.39, 0.29) is 17.9 Å². The second-order valence-corrected chi connectivity index (χ2v) is 10.1. The van der Waals surface area contributed by atoms with Crippen molar-refractivity contribution in [3.8, 4) is 11.3 Å². The largest absolute Gasteiger partial charge is 0.351 e. The number of hydrogen-bond donors (Lipinski definition) is 1. The van der Waals surface area contributed by atoms with Crippen LogP contribution in [-0.2, 0) is 11.3 Å². The summed E-state index contributed by atoms with van der Waals surface area (Å²) in [4.78, 5) is 29.3. The molecule has 2 aliphatic rings. The Balaban J connectivity index is 1.68. The van der Waals surface area contributed by atoms with Gasteiger partial charge in [0.25, 0.3) is 5.91 Å². The Hall–Kier alpha value is -2.56. The third-order valence-corrected chi connectivity index (χ3v) is 7.19. The van der Waals surface area contributed by atoms with Gasteiger partial charge in [-0.3, -0.25) is 9.59 Å². The van der Waals surface area contributed by atoms with E-state index in [1.165, 1.54) is 12.8 Å². The SMILES string of the molecule is CC(C)CCN1C(=O)c2ccc(-c3ccccc3)n2C[C@]1(C)C(=O)NC1CCCCCC1. The van der Waals surface area contributed by atoms with Crippen molar-refractivity contribution in [2.24, 2.45) is 5.92 Å². The number of rotatable bonds is 6. The van der Waals surface area contributed by atoms with Crippen molar-refractivity contribution >= 4 is 11.8 Å². The molecule has 0 bridgehead atoms.